The van der Waals surface area contributed by atoms with Crippen LogP contribution in [0.5, 0.6) is 0 Å². The van der Waals surface area contributed by atoms with Gasteiger partial charge in [0.05, 0.1) is 38.6 Å². The van der Waals surface area contributed by atoms with Crippen LogP contribution in [-0.2, 0) is 18.9 Å². The Bertz CT molecular complexity index is 213. The molecule has 0 aromatic carbocycles. The van der Waals surface area contributed by atoms with Crippen molar-refractivity contribution in [1.82, 2.24) is 0 Å². The Balaban J connectivity index is 2.03. The van der Waals surface area contributed by atoms with Crippen LogP contribution in [0, 0.1) is 5.92 Å². The van der Waals surface area contributed by atoms with Gasteiger partial charge < -0.3 is 24.7 Å². The van der Waals surface area contributed by atoms with Gasteiger partial charge in [-0.3, -0.25) is 0 Å². The molecule has 0 aliphatic heterocycles. The highest BCUT2D eigenvalue weighted by atomic mass is 16.6. The summed E-state index contributed by atoms with van der Waals surface area (Å²) in [5.74, 6) is 0.562. The van der Waals surface area contributed by atoms with Gasteiger partial charge in [0.1, 0.15) is 0 Å². The largest absolute Gasteiger partial charge is 0.382 e. The zero-order valence-corrected chi connectivity index (χ0v) is 11.8. The quantitative estimate of drug-likeness (QED) is 0.590. The second-order valence-electron chi connectivity index (χ2n) is 5.11. The Morgan fingerprint density at radius 2 is 1.83 bits per heavy atom. The maximum atomic E-state index is 5.89. The lowest BCUT2D eigenvalue weighted by molar-refractivity contribution is -0.150. The van der Waals surface area contributed by atoms with E-state index in [-0.39, 0.29) is 18.2 Å². The summed E-state index contributed by atoms with van der Waals surface area (Å²) in [4.78, 5) is 0. The molecule has 5 heteroatoms. The van der Waals surface area contributed by atoms with Crippen molar-refractivity contribution in [2.24, 2.45) is 11.7 Å². The first kappa shape index (κ1) is 15.9. The summed E-state index contributed by atoms with van der Waals surface area (Å²) in [6.45, 7) is 7.44. The Morgan fingerprint density at radius 3 is 2.44 bits per heavy atom. The molecule has 5 nitrogen and oxygen atoms in total. The molecule has 0 heterocycles. The van der Waals surface area contributed by atoms with Gasteiger partial charge in [0, 0.05) is 19.8 Å². The summed E-state index contributed by atoms with van der Waals surface area (Å²) in [6.07, 6.45) is 0.978. The number of nitrogens with two attached hydrogens (primary N) is 1. The number of hydrogen-bond acceptors (Lipinski definition) is 5. The number of rotatable bonds is 10. The Morgan fingerprint density at radius 1 is 1.11 bits per heavy atom. The van der Waals surface area contributed by atoms with Crippen LogP contribution in [-0.4, -0.2) is 58.4 Å². The Labute approximate surface area is 110 Å². The van der Waals surface area contributed by atoms with Crippen LogP contribution >= 0.6 is 0 Å². The fraction of sp³-hybridized carbons (Fsp3) is 1.00. The molecule has 1 aliphatic carbocycles. The summed E-state index contributed by atoms with van der Waals surface area (Å²) in [5.41, 5.74) is 5.89. The first-order chi connectivity index (χ1) is 8.65. The Hall–Kier alpha value is -0.200. The molecule has 0 spiro atoms. The second kappa shape index (κ2) is 8.82. The second-order valence-corrected chi connectivity index (χ2v) is 5.11. The molecule has 1 rings (SSSR count). The van der Waals surface area contributed by atoms with E-state index in [0.29, 0.717) is 32.3 Å². The van der Waals surface area contributed by atoms with E-state index in [4.69, 9.17) is 24.7 Å². The molecule has 0 aromatic heterocycles. The summed E-state index contributed by atoms with van der Waals surface area (Å²) >= 11 is 0. The smallest absolute Gasteiger partial charge is 0.0989 e. The van der Waals surface area contributed by atoms with E-state index >= 15 is 0 Å². The molecular formula is C13H27NO4. The molecule has 0 aromatic rings. The molecule has 18 heavy (non-hydrogen) atoms. The third kappa shape index (κ3) is 5.63. The monoisotopic (exact) mass is 261 g/mol. The fourth-order valence-corrected chi connectivity index (χ4v) is 1.86. The van der Waals surface area contributed by atoms with Gasteiger partial charge in [-0.05, 0) is 12.3 Å². The van der Waals surface area contributed by atoms with E-state index in [1.165, 1.54) is 0 Å². The number of hydrogen-bond donors (Lipinski definition) is 1. The standard InChI is InChI=1S/C13H27NO4/c1-10(2)9-16-5-7-17-12-8-11(14)13(12)18-6-4-15-3/h10-13H,4-9,14H2,1-3H3. The highest BCUT2D eigenvalue weighted by Crippen LogP contribution is 2.25. The highest BCUT2D eigenvalue weighted by Gasteiger charge is 2.40. The van der Waals surface area contributed by atoms with Crippen LogP contribution in [0.1, 0.15) is 20.3 Å². The summed E-state index contributed by atoms with van der Waals surface area (Å²) in [7, 11) is 1.66. The van der Waals surface area contributed by atoms with E-state index in [0.717, 1.165) is 13.0 Å². The third-order valence-corrected chi connectivity index (χ3v) is 2.90. The average molecular weight is 261 g/mol. The molecule has 1 aliphatic rings. The van der Waals surface area contributed by atoms with Gasteiger partial charge in [-0.15, -0.1) is 0 Å². The summed E-state index contributed by atoms with van der Waals surface area (Å²) in [5, 5.41) is 0. The van der Waals surface area contributed by atoms with Crippen molar-refractivity contribution in [3.63, 3.8) is 0 Å². The molecule has 0 saturated heterocycles. The zero-order valence-electron chi connectivity index (χ0n) is 11.8. The predicted molar refractivity (Wildman–Crippen MR) is 69.6 cm³/mol. The van der Waals surface area contributed by atoms with Crippen molar-refractivity contribution < 1.29 is 18.9 Å². The van der Waals surface area contributed by atoms with Crippen molar-refractivity contribution in [2.75, 3.05) is 40.1 Å². The topological polar surface area (TPSA) is 62.9 Å². The van der Waals surface area contributed by atoms with Crippen LogP contribution in [0.2, 0.25) is 0 Å². The molecule has 108 valence electrons. The van der Waals surface area contributed by atoms with E-state index in [1.54, 1.807) is 7.11 Å². The van der Waals surface area contributed by atoms with Crippen LogP contribution in [0.25, 0.3) is 0 Å². The highest BCUT2D eigenvalue weighted by molar-refractivity contribution is 4.95. The molecule has 1 saturated carbocycles. The number of methoxy groups -OCH3 is 1. The van der Waals surface area contributed by atoms with Gasteiger partial charge in [-0.25, -0.2) is 0 Å². The molecule has 2 N–H and O–H groups in total. The molecule has 0 radical (unpaired) electrons. The SMILES string of the molecule is COCCOC1C(N)CC1OCCOCC(C)C. The van der Waals surface area contributed by atoms with Crippen LogP contribution in [0.15, 0.2) is 0 Å². The zero-order chi connectivity index (χ0) is 13.4. The van der Waals surface area contributed by atoms with Crippen molar-refractivity contribution in [3.05, 3.63) is 0 Å². The molecule has 0 amide bonds. The van der Waals surface area contributed by atoms with Crippen LogP contribution in [0.3, 0.4) is 0 Å². The minimum atomic E-state index is 0.00486. The normalized spacial score (nSPS) is 27.5. The first-order valence-corrected chi connectivity index (χ1v) is 6.70. The fourth-order valence-electron chi connectivity index (χ4n) is 1.86. The first-order valence-electron chi connectivity index (χ1n) is 6.70. The van der Waals surface area contributed by atoms with E-state index in [2.05, 4.69) is 13.8 Å². The summed E-state index contributed by atoms with van der Waals surface area (Å²) in [6, 6.07) is 0.0865. The molecule has 1 fully saturated rings. The Kier molecular flexibility index (Phi) is 7.77. The maximum absolute atomic E-state index is 5.89. The van der Waals surface area contributed by atoms with Crippen LogP contribution in [0.4, 0.5) is 0 Å². The van der Waals surface area contributed by atoms with Crippen LogP contribution < -0.4 is 5.73 Å². The minimum Gasteiger partial charge on any atom is -0.382 e. The molecular weight excluding hydrogens is 234 g/mol. The van der Waals surface area contributed by atoms with Gasteiger partial charge in [-0.2, -0.15) is 0 Å². The lowest BCUT2D eigenvalue weighted by Gasteiger charge is -2.41. The van der Waals surface area contributed by atoms with E-state index in [1.807, 2.05) is 0 Å². The lowest BCUT2D eigenvalue weighted by Crippen LogP contribution is -2.58. The van der Waals surface area contributed by atoms with Gasteiger partial charge >= 0.3 is 0 Å². The summed E-state index contributed by atoms with van der Waals surface area (Å²) < 4.78 is 21.7. The number of ether oxygens (including phenoxy) is 4. The minimum absolute atomic E-state index is 0.00486. The average Bonchev–Trinajstić information content (AvgIpc) is 2.32. The molecule has 3 unspecified atom stereocenters. The van der Waals surface area contributed by atoms with Crippen molar-refractivity contribution in [3.8, 4) is 0 Å². The predicted octanol–water partition coefficient (Wildman–Crippen LogP) is 0.807. The van der Waals surface area contributed by atoms with Gasteiger partial charge in [-0.1, -0.05) is 13.8 Å². The lowest BCUT2D eigenvalue weighted by atomic mass is 9.86. The third-order valence-electron chi connectivity index (χ3n) is 2.90. The van der Waals surface area contributed by atoms with E-state index < -0.39 is 0 Å². The van der Waals surface area contributed by atoms with Gasteiger partial charge in [0.15, 0.2) is 0 Å². The van der Waals surface area contributed by atoms with E-state index in [9.17, 15) is 0 Å². The van der Waals surface area contributed by atoms with Crippen molar-refractivity contribution >= 4 is 0 Å². The van der Waals surface area contributed by atoms with Gasteiger partial charge in [0.2, 0.25) is 0 Å². The molecule has 0 bridgehead atoms. The maximum Gasteiger partial charge on any atom is 0.0989 e. The van der Waals surface area contributed by atoms with Gasteiger partial charge in [0.25, 0.3) is 0 Å². The van der Waals surface area contributed by atoms with Crippen molar-refractivity contribution in [2.45, 2.75) is 38.5 Å². The van der Waals surface area contributed by atoms with Crippen molar-refractivity contribution in [1.29, 1.82) is 0 Å². The molecule has 3 atom stereocenters.